The summed E-state index contributed by atoms with van der Waals surface area (Å²) in [5, 5.41) is 18.3. The van der Waals surface area contributed by atoms with E-state index in [9.17, 15) is 24.3 Å². The first-order valence-corrected chi connectivity index (χ1v) is 13.6. The Kier molecular flexibility index (Phi) is 20.7. The summed E-state index contributed by atoms with van der Waals surface area (Å²) in [7, 11) is 3.08. The number of carbonyl (C=O) groups excluding carboxylic acids is 4. The van der Waals surface area contributed by atoms with Gasteiger partial charge >= 0.3 is 0 Å². The molecule has 0 aliphatic rings. The van der Waals surface area contributed by atoms with Gasteiger partial charge in [0.25, 0.3) is 5.91 Å². The lowest BCUT2D eigenvalue weighted by Crippen LogP contribution is -2.69. The van der Waals surface area contributed by atoms with E-state index >= 15 is 0 Å². The van der Waals surface area contributed by atoms with Crippen LogP contribution in [0.3, 0.4) is 0 Å². The lowest BCUT2D eigenvalue weighted by Gasteiger charge is -2.20. The van der Waals surface area contributed by atoms with Crippen LogP contribution in [0.5, 0.6) is 0 Å². The largest absolute Gasteiger partial charge is 0.548 e. The highest BCUT2D eigenvalue weighted by molar-refractivity contribution is 5.82. The van der Waals surface area contributed by atoms with E-state index in [1.54, 1.807) is 7.11 Å². The van der Waals surface area contributed by atoms with Gasteiger partial charge in [0.2, 0.25) is 11.8 Å². The number of carbonyl (C=O) groups is 4. The molecular formula is C30H47N5O7. The molecule has 0 aromatic heterocycles. The van der Waals surface area contributed by atoms with Crippen molar-refractivity contribution in [1.82, 2.24) is 16.0 Å². The summed E-state index contributed by atoms with van der Waals surface area (Å²) in [6, 6.07) is 17.6. The predicted molar refractivity (Wildman–Crippen MR) is 157 cm³/mol. The zero-order valence-corrected chi connectivity index (χ0v) is 25.3. The van der Waals surface area contributed by atoms with Crippen molar-refractivity contribution in [2.45, 2.75) is 58.4 Å². The molecule has 1 unspecified atom stereocenters. The van der Waals surface area contributed by atoms with Crippen molar-refractivity contribution in [3.05, 3.63) is 71.8 Å². The van der Waals surface area contributed by atoms with Crippen molar-refractivity contribution in [2.24, 2.45) is 11.7 Å². The molecule has 8 N–H and O–H groups in total. The number of hydrogen-bond donors (Lipinski definition) is 5. The van der Waals surface area contributed by atoms with Crippen LogP contribution >= 0.6 is 0 Å². The molecule has 2 rings (SSSR count). The van der Waals surface area contributed by atoms with Crippen LogP contribution < -0.4 is 32.5 Å². The molecule has 2 aromatic carbocycles. The van der Waals surface area contributed by atoms with Gasteiger partial charge < -0.3 is 46.8 Å². The molecule has 0 spiro atoms. The van der Waals surface area contributed by atoms with E-state index in [1.165, 1.54) is 14.0 Å². The molecule has 0 fully saturated rings. The average Bonchev–Trinajstić information content (AvgIpc) is 2.95. The van der Waals surface area contributed by atoms with E-state index in [0.29, 0.717) is 26.1 Å². The van der Waals surface area contributed by atoms with Crippen molar-refractivity contribution in [3.63, 3.8) is 0 Å². The van der Waals surface area contributed by atoms with Gasteiger partial charge in [-0.05, 0) is 23.5 Å². The molecule has 3 atom stereocenters. The number of carboxylic acids is 1. The number of hydrogen-bond acceptors (Lipinski definition) is 8. The van der Waals surface area contributed by atoms with Gasteiger partial charge in [-0.25, -0.2) is 0 Å². The van der Waals surface area contributed by atoms with Crippen molar-refractivity contribution in [3.8, 4) is 0 Å². The first-order chi connectivity index (χ1) is 19.9. The highest BCUT2D eigenvalue weighted by Gasteiger charge is 2.16. The number of methoxy groups -OCH3 is 2. The van der Waals surface area contributed by atoms with Crippen molar-refractivity contribution < 1.29 is 39.5 Å². The normalized spacial score (nSPS) is 12.3. The number of aliphatic carboxylic acids is 1. The van der Waals surface area contributed by atoms with E-state index in [2.05, 4.69) is 21.7 Å². The van der Waals surface area contributed by atoms with Crippen LogP contribution in [0.25, 0.3) is 0 Å². The maximum absolute atomic E-state index is 11.5. The first-order valence-electron chi connectivity index (χ1n) is 13.6. The highest BCUT2D eigenvalue weighted by atomic mass is 16.5. The Hall–Kier alpha value is -3.84. The molecule has 0 aliphatic carbocycles. The summed E-state index contributed by atoms with van der Waals surface area (Å²) in [6.07, 6.45) is 0.405. The van der Waals surface area contributed by atoms with Crippen LogP contribution in [-0.2, 0) is 41.7 Å². The molecule has 0 bridgehead atoms. The third kappa shape index (κ3) is 19.3. The number of carboxylic acid groups (broad SMARTS) is 1. The molecule has 12 heteroatoms. The van der Waals surface area contributed by atoms with Gasteiger partial charge in [-0.15, -0.1) is 0 Å². The second-order valence-corrected chi connectivity index (χ2v) is 9.82. The molecule has 0 heterocycles. The molecular weight excluding hydrogens is 542 g/mol. The Bertz CT molecular complexity index is 975. The predicted octanol–water partition coefficient (Wildman–Crippen LogP) is -0.877. The topological polar surface area (TPSA) is 200 Å². The molecule has 3 amide bonds. The molecule has 0 saturated carbocycles. The van der Waals surface area contributed by atoms with Crippen LogP contribution in [0, 0.1) is 5.92 Å². The van der Waals surface area contributed by atoms with Crippen molar-refractivity contribution >= 4 is 23.7 Å². The number of amides is 3. The summed E-state index contributed by atoms with van der Waals surface area (Å²) in [4.78, 5) is 43.8. The first kappa shape index (κ1) is 38.2. The second-order valence-electron chi connectivity index (χ2n) is 9.82. The Balaban J connectivity index is 0.000000606. The molecule has 0 radical (unpaired) electrons. The van der Waals surface area contributed by atoms with E-state index in [1.807, 2.05) is 74.5 Å². The smallest absolute Gasteiger partial charge is 0.280 e. The van der Waals surface area contributed by atoms with Crippen LogP contribution in [0.1, 0.15) is 38.3 Å². The SMILES string of the molecule is CC(=O)N[C@H](CC(C)C)C(=O)[O-].COCC(N)C(=O)NCc1ccccc1.COC[C@@H]([NH3+])C(=O)NCc1ccccc1. The van der Waals surface area contributed by atoms with Gasteiger partial charge in [0, 0.05) is 34.2 Å². The summed E-state index contributed by atoms with van der Waals surface area (Å²) in [5.41, 5.74) is 11.4. The number of nitrogens with two attached hydrogens (primary N) is 1. The summed E-state index contributed by atoms with van der Waals surface area (Å²) in [5.74, 6) is -1.62. The Morgan fingerprint density at radius 1 is 0.833 bits per heavy atom. The standard InChI is InChI=1S/2C11H16N2O2.C8H15NO3/c2*1-15-8-10(12)11(14)13-7-9-5-3-2-4-6-9;1-5(2)4-7(8(11)12)9-6(3)10/h2*2-6,10H,7-8,12H2,1H3,(H,13,14);5,7H,4H2,1-3H3,(H,9,10)(H,11,12)/t10-;;7-/m1.1/s1. The molecule has 2 aromatic rings. The van der Waals surface area contributed by atoms with Crippen LogP contribution in [0.2, 0.25) is 0 Å². The molecule has 0 saturated heterocycles. The number of quaternary nitrogens is 1. The number of rotatable bonds is 14. The fraction of sp³-hybridized carbons (Fsp3) is 0.467. The maximum atomic E-state index is 11.5. The fourth-order valence-corrected chi connectivity index (χ4v) is 3.31. The second kappa shape index (κ2) is 22.8. The van der Waals surface area contributed by atoms with Gasteiger partial charge in [0.1, 0.15) is 12.6 Å². The highest BCUT2D eigenvalue weighted by Crippen LogP contribution is 2.03. The van der Waals surface area contributed by atoms with Crippen molar-refractivity contribution in [1.29, 1.82) is 0 Å². The van der Waals surface area contributed by atoms with Gasteiger partial charge in [-0.3, -0.25) is 14.4 Å². The minimum absolute atomic E-state index is 0.0827. The zero-order chi connectivity index (χ0) is 31.9. The van der Waals surface area contributed by atoms with Crippen molar-refractivity contribution in [2.75, 3.05) is 27.4 Å². The number of benzene rings is 2. The zero-order valence-electron chi connectivity index (χ0n) is 25.3. The summed E-state index contributed by atoms with van der Waals surface area (Å²) < 4.78 is 9.64. The monoisotopic (exact) mass is 589 g/mol. The Labute approximate surface area is 248 Å². The van der Waals surface area contributed by atoms with Gasteiger partial charge in [0.15, 0.2) is 6.04 Å². The average molecular weight is 590 g/mol. The minimum Gasteiger partial charge on any atom is -0.548 e. The molecule has 12 nitrogen and oxygen atoms in total. The minimum atomic E-state index is -1.22. The maximum Gasteiger partial charge on any atom is 0.280 e. The van der Waals surface area contributed by atoms with E-state index < -0.39 is 18.1 Å². The fourth-order valence-electron chi connectivity index (χ4n) is 3.31. The van der Waals surface area contributed by atoms with Crippen LogP contribution in [-0.4, -0.2) is 69.2 Å². The molecule has 42 heavy (non-hydrogen) atoms. The lowest BCUT2D eigenvalue weighted by molar-refractivity contribution is -0.409. The molecule has 234 valence electrons. The third-order valence-corrected chi connectivity index (χ3v) is 5.41. The van der Waals surface area contributed by atoms with Crippen LogP contribution in [0.4, 0.5) is 0 Å². The Morgan fingerprint density at radius 3 is 1.67 bits per heavy atom. The van der Waals surface area contributed by atoms with E-state index in [0.717, 1.165) is 11.1 Å². The van der Waals surface area contributed by atoms with Gasteiger partial charge in [-0.2, -0.15) is 0 Å². The summed E-state index contributed by atoms with van der Waals surface area (Å²) >= 11 is 0. The van der Waals surface area contributed by atoms with Gasteiger partial charge in [0.05, 0.1) is 18.6 Å². The lowest BCUT2D eigenvalue weighted by atomic mass is 10.0. The Morgan fingerprint density at radius 2 is 1.29 bits per heavy atom. The summed E-state index contributed by atoms with van der Waals surface area (Å²) in [6.45, 7) is 6.68. The number of ether oxygens (including phenoxy) is 2. The quantitative estimate of drug-likeness (QED) is 0.187. The third-order valence-electron chi connectivity index (χ3n) is 5.41. The van der Waals surface area contributed by atoms with Crippen LogP contribution in [0.15, 0.2) is 60.7 Å². The number of nitrogens with one attached hydrogen (secondary N) is 3. The van der Waals surface area contributed by atoms with E-state index in [4.69, 9.17) is 15.2 Å². The molecule has 0 aliphatic heterocycles. The van der Waals surface area contributed by atoms with E-state index in [-0.39, 0.29) is 36.3 Å². The van der Waals surface area contributed by atoms with Gasteiger partial charge in [-0.1, -0.05) is 74.5 Å².